The molecule has 0 aliphatic carbocycles. The van der Waals surface area contributed by atoms with Crippen molar-refractivity contribution in [1.29, 1.82) is 0 Å². The number of aliphatic carboxylic acids is 1. The molecular formula is C9H10N6O2. The zero-order chi connectivity index (χ0) is 11.8. The number of nitrogens with zero attached hydrogens (tertiary/aromatic N) is 5. The lowest BCUT2D eigenvalue weighted by Crippen LogP contribution is -2.23. The second-order valence-corrected chi connectivity index (χ2v) is 3.96. The molecule has 1 saturated heterocycles. The van der Waals surface area contributed by atoms with E-state index >= 15 is 0 Å². The van der Waals surface area contributed by atoms with Gasteiger partial charge < -0.3 is 10.0 Å². The number of hydrogen-bond donors (Lipinski definition) is 2. The number of carboxylic acid groups (broad SMARTS) is 1. The molecule has 1 aliphatic heterocycles. The number of aromatic amines is 1. The van der Waals surface area contributed by atoms with Crippen molar-refractivity contribution in [2.24, 2.45) is 5.92 Å². The molecule has 0 saturated carbocycles. The van der Waals surface area contributed by atoms with Gasteiger partial charge in [0.1, 0.15) is 6.33 Å². The van der Waals surface area contributed by atoms with Crippen LogP contribution in [0.5, 0.6) is 0 Å². The smallest absolute Gasteiger partial charge is 0.308 e. The van der Waals surface area contributed by atoms with E-state index in [-0.39, 0.29) is 5.92 Å². The molecule has 0 spiro atoms. The Balaban J connectivity index is 1.95. The number of fused-ring (bicyclic) bond motifs is 1. The van der Waals surface area contributed by atoms with Crippen LogP contribution in [0.25, 0.3) is 11.2 Å². The van der Waals surface area contributed by atoms with Crippen LogP contribution in [0.1, 0.15) is 6.42 Å². The fraction of sp³-hybridized carbons (Fsp3) is 0.444. The molecule has 2 aromatic heterocycles. The van der Waals surface area contributed by atoms with E-state index in [0.29, 0.717) is 36.5 Å². The quantitative estimate of drug-likeness (QED) is 0.731. The number of anilines is 1. The van der Waals surface area contributed by atoms with E-state index in [0.717, 1.165) is 0 Å². The summed E-state index contributed by atoms with van der Waals surface area (Å²) >= 11 is 0. The average molecular weight is 234 g/mol. The van der Waals surface area contributed by atoms with Crippen molar-refractivity contribution in [2.45, 2.75) is 6.42 Å². The average Bonchev–Trinajstić information content (AvgIpc) is 2.97. The maximum absolute atomic E-state index is 10.9. The molecule has 8 nitrogen and oxygen atoms in total. The molecule has 2 N–H and O–H groups in total. The molecular weight excluding hydrogens is 224 g/mol. The topological polar surface area (TPSA) is 108 Å². The van der Waals surface area contributed by atoms with Gasteiger partial charge in [0, 0.05) is 13.1 Å². The third-order valence-corrected chi connectivity index (χ3v) is 2.94. The van der Waals surface area contributed by atoms with Crippen molar-refractivity contribution in [1.82, 2.24) is 25.4 Å². The van der Waals surface area contributed by atoms with Crippen molar-refractivity contribution < 1.29 is 9.90 Å². The molecule has 0 unspecified atom stereocenters. The van der Waals surface area contributed by atoms with E-state index in [9.17, 15) is 4.79 Å². The van der Waals surface area contributed by atoms with Crippen LogP contribution in [0.3, 0.4) is 0 Å². The third-order valence-electron chi connectivity index (χ3n) is 2.94. The number of carbonyl (C=O) groups is 1. The number of H-pyrrole nitrogens is 1. The van der Waals surface area contributed by atoms with E-state index in [2.05, 4.69) is 25.4 Å². The predicted octanol–water partition coefficient (Wildman–Crippen LogP) is -0.341. The Labute approximate surface area is 95.7 Å². The standard InChI is InChI=1S/C9H10N6O2/c16-9(17)5-1-2-15(3-5)8-6-7(10-4-11-8)13-14-12-6/h4-5H,1-3H2,(H,16,17)(H,10,11,12,13,14)/t5-/m0/s1. The fourth-order valence-electron chi connectivity index (χ4n) is 2.05. The second-order valence-electron chi connectivity index (χ2n) is 3.96. The first-order valence-electron chi connectivity index (χ1n) is 5.25. The Bertz CT molecular complexity index is 567. The Hall–Kier alpha value is -2.25. The van der Waals surface area contributed by atoms with Gasteiger partial charge in [0.15, 0.2) is 11.3 Å². The van der Waals surface area contributed by atoms with Gasteiger partial charge in [-0.05, 0) is 6.42 Å². The molecule has 0 amide bonds. The maximum Gasteiger partial charge on any atom is 0.308 e. The van der Waals surface area contributed by atoms with Crippen LogP contribution in [-0.2, 0) is 4.79 Å². The van der Waals surface area contributed by atoms with Crippen molar-refractivity contribution >= 4 is 23.0 Å². The van der Waals surface area contributed by atoms with Crippen LogP contribution in [-0.4, -0.2) is 49.5 Å². The minimum atomic E-state index is -0.766. The Morgan fingerprint density at radius 2 is 2.35 bits per heavy atom. The zero-order valence-corrected chi connectivity index (χ0v) is 8.87. The van der Waals surface area contributed by atoms with Gasteiger partial charge in [-0.1, -0.05) is 0 Å². The molecule has 8 heteroatoms. The van der Waals surface area contributed by atoms with Crippen LogP contribution in [0.2, 0.25) is 0 Å². The maximum atomic E-state index is 10.9. The molecule has 1 fully saturated rings. The lowest BCUT2D eigenvalue weighted by molar-refractivity contribution is -0.140. The first-order chi connectivity index (χ1) is 8.25. The summed E-state index contributed by atoms with van der Waals surface area (Å²) in [6, 6.07) is 0. The minimum Gasteiger partial charge on any atom is -0.481 e. The summed E-state index contributed by atoms with van der Waals surface area (Å²) in [5.41, 5.74) is 1.08. The first kappa shape index (κ1) is 9.94. The lowest BCUT2D eigenvalue weighted by atomic mass is 10.1. The Kier molecular flexibility index (Phi) is 2.13. The summed E-state index contributed by atoms with van der Waals surface area (Å²) in [5, 5.41) is 19.3. The van der Waals surface area contributed by atoms with Gasteiger partial charge in [0.2, 0.25) is 5.65 Å². The summed E-state index contributed by atoms with van der Waals surface area (Å²) in [6.07, 6.45) is 2.03. The van der Waals surface area contributed by atoms with Gasteiger partial charge >= 0.3 is 5.97 Å². The molecule has 1 atom stereocenters. The SMILES string of the molecule is O=C(O)[C@H]1CCN(c2ncnc3n[nH]nc23)C1. The molecule has 3 rings (SSSR count). The van der Waals surface area contributed by atoms with Gasteiger partial charge in [-0.3, -0.25) is 4.79 Å². The Morgan fingerprint density at radius 1 is 1.47 bits per heavy atom. The fourth-order valence-corrected chi connectivity index (χ4v) is 2.05. The molecule has 88 valence electrons. The summed E-state index contributed by atoms with van der Waals surface area (Å²) in [5.74, 6) is -0.461. The normalized spacial score (nSPS) is 20.0. The molecule has 0 aromatic carbocycles. The third kappa shape index (κ3) is 1.57. The molecule has 17 heavy (non-hydrogen) atoms. The van der Waals surface area contributed by atoms with Crippen LogP contribution in [0.4, 0.5) is 5.82 Å². The number of nitrogens with one attached hydrogen (secondary N) is 1. The predicted molar refractivity (Wildman–Crippen MR) is 57.4 cm³/mol. The van der Waals surface area contributed by atoms with E-state index in [1.165, 1.54) is 6.33 Å². The summed E-state index contributed by atoms with van der Waals surface area (Å²) < 4.78 is 0. The van der Waals surface area contributed by atoms with Crippen LogP contribution in [0.15, 0.2) is 6.33 Å². The molecule has 0 bridgehead atoms. The zero-order valence-electron chi connectivity index (χ0n) is 8.87. The van der Waals surface area contributed by atoms with Gasteiger partial charge in [0.25, 0.3) is 0 Å². The summed E-state index contributed by atoms with van der Waals surface area (Å²) in [6.45, 7) is 1.12. The van der Waals surface area contributed by atoms with Crippen LogP contribution in [0, 0.1) is 5.92 Å². The van der Waals surface area contributed by atoms with Gasteiger partial charge in [0.05, 0.1) is 5.92 Å². The van der Waals surface area contributed by atoms with E-state index in [1.807, 2.05) is 4.90 Å². The second kappa shape index (κ2) is 3.65. The minimum absolute atomic E-state index is 0.341. The lowest BCUT2D eigenvalue weighted by Gasteiger charge is -2.15. The van der Waals surface area contributed by atoms with Gasteiger partial charge in [-0.15, -0.1) is 5.10 Å². The largest absolute Gasteiger partial charge is 0.481 e. The van der Waals surface area contributed by atoms with Crippen molar-refractivity contribution in [3.8, 4) is 0 Å². The van der Waals surface area contributed by atoms with E-state index < -0.39 is 5.97 Å². The molecule has 0 radical (unpaired) electrons. The van der Waals surface area contributed by atoms with E-state index in [1.54, 1.807) is 0 Å². The molecule has 1 aliphatic rings. The molecule has 2 aromatic rings. The monoisotopic (exact) mass is 234 g/mol. The number of carboxylic acids is 1. The number of aromatic nitrogens is 5. The Morgan fingerprint density at radius 3 is 3.12 bits per heavy atom. The summed E-state index contributed by atoms with van der Waals surface area (Å²) in [7, 11) is 0. The highest BCUT2D eigenvalue weighted by atomic mass is 16.4. The van der Waals surface area contributed by atoms with Crippen LogP contribution < -0.4 is 4.90 Å². The van der Waals surface area contributed by atoms with Gasteiger partial charge in [-0.2, -0.15) is 10.3 Å². The van der Waals surface area contributed by atoms with Gasteiger partial charge in [-0.25, -0.2) is 9.97 Å². The van der Waals surface area contributed by atoms with Crippen molar-refractivity contribution in [3.63, 3.8) is 0 Å². The highest BCUT2D eigenvalue weighted by molar-refractivity contribution is 5.82. The number of hydrogen-bond acceptors (Lipinski definition) is 6. The summed E-state index contributed by atoms with van der Waals surface area (Å²) in [4.78, 5) is 20.9. The number of rotatable bonds is 2. The molecule has 3 heterocycles. The van der Waals surface area contributed by atoms with E-state index in [4.69, 9.17) is 5.11 Å². The van der Waals surface area contributed by atoms with Crippen molar-refractivity contribution in [2.75, 3.05) is 18.0 Å². The first-order valence-corrected chi connectivity index (χ1v) is 5.25. The van der Waals surface area contributed by atoms with Crippen LogP contribution >= 0.6 is 0 Å². The highest BCUT2D eigenvalue weighted by Gasteiger charge is 2.30. The van der Waals surface area contributed by atoms with Crippen molar-refractivity contribution in [3.05, 3.63) is 6.33 Å². The highest BCUT2D eigenvalue weighted by Crippen LogP contribution is 2.25.